The number of H-pyrrole nitrogens is 1. The number of benzene rings is 2. The molecule has 0 spiro atoms. The number of nitrogens with zero attached hydrogens (tertiary/aromatic N) is 3. The molecule has 32 heavy (non-hydrogen) atoms. The van der Waals surface area contributed by atoms with Gasteiger partial charge in [0.05, 0.1) is 23.9 Å². The molecule has 7 heteroatoms. The van der Waals surface area contributed by atoms with E-state index in [0.29, 0.717) is 30.4 Å². The zero-order valence-corrected chi connectivity index (χ0v) is 18.9. The molecule has 0 aliphatic carbocycles. The Morgan fingerprint density at radius 1 is 1.16 bits per heavy atom. The first kappa shape index (κ1) is 21.4. The van der Waals surface area contributed by atoms with E-state index in [2.05, 4.69) is 21.4 Å². The van der Waals surface area contributed by atoms with Crippen LogP contribution >= 0.6 is 0 Å². The predicted molar refractivity (Wildman–Crippen MR) is 130 cm³/mol. The number of rotatable bonds is 6. The van der Waals surface area contributed by atoms with E-state index in [9.17, 15) is 4.79 Å². The van der Waals surface area contributed by atoms with Crippen molar-refractivity contribution in [3.63, 3.8) is 0 Å². The maximum absolute atomic E-state index is 13.8. The summed E-state index contributed by atoms with van der Waals surface area (Å²) in [5, 5.41) is 13.4. The Bertz CT molecular complexity index is 1350. The Labute approximate surface area is 187 Å². The monoisotopic (exact) mass is 428 g/mol. The Hall–Kier alpha value is -3.87. The summed E-state index contributed by atoms with van der Waals surface area (Å²) < 4.78 is 1.80. The van der Waals surface area contributed by atoms with Crippen molar-refractivity contribution in [1.29, 1.82) is 5.41 Å². The Morgan fingerprint density at radius 2 is 1.91 bits per heavy atom. The topological polar surface area (TPSA) is 89.8 Å². The molecule has 0 saturated carbocycles. The first-order chi connectivity index (χ1) is 15.5. The molecule has 164 valence electrons. The highest BCUT2D eigenvalue weighted by Gasteiger charge is 2.20. The average molecular weight is 429 g/mol. The SMILES string of the molecule is CCN(Cc1cc2cccc(C)c2c(=O)n1-c1ccccc1C)C(=N)c1[nH]cnc1NC. The fourth-order valence-electron chi connectivity index (χ4n) is 4.15. The first-order valence-electron chi connectivity index (χ1n) is 10.7. The molecule has 2 heterocycles. The van der Waals surface area contributed by atoms with Crippen LogP contribution < -0.4 is 10.9 Å². The van der Waals surface area contributed by atoms with Crippen LogP contribution in [-0.4, -0.2) is 38.9 Å². The molecule has 0 aliphatic rings. The van der Waals surface area contributed by atoms with E-state index in [4.69, 9.17) is 5.41 Å². The van der Waals surface area contributed by atoms with Gasteiger partial charge in [-0.05, 0) is 49.4 Å². The number of pyridine rings is 1. The van der Waals surface area contributed by atoms with E-state index < -0.39 is 0 Å². The van der Waals surface area contributed by atoms with Crippen molar-refractivity contribution in [2.75, 3.05) is 18.9 Å². The van der Waals surface area contributed by atoms with Crippen LogP contribution in [0.4, 0.5) is 5.82 Å². The molecule has 0 radical (unpaired) electrons. The van der Waals surface area contributed by atoms with Gasteiger partial charge >= 0.3 is 0 Å². The molecule has 0 aliphatic heterocycles. The number of hydrogen-bond acceptors (Lipinski definition) is 4. The molecule has 4 rings (SSSR count). The van der Waals surface area contributed by atoms with Gasteiger partial charge in [0.1, 0.15) is 11.5 Å². The molecule has 7 nitrogen and oxygen atoms in total. The summed E-state index contributed by atoms with van der Waals surface area (Å²) >= 11 is 0. The van der Waals surface area contributed by atoms with Crippen LogP contribution in [-0.2, 0) is 6.54 Å². The van der Waals surface area contributed by atoms with Crippen molar-refractivity contribution >= 4 is 22.4 Å². The smallest absolute Gasteiger partial charge is 0.263 e. The number of fused-ring (bicyclic) bond motifs is 1. The number of hydrogen-bond donors (Lipinski definition) is 3. The van der Waals surface area contributed by atoms with Crippen LogP contribution in [0.5, 0.6) is 0 Å². The lowest BCUT2D eigenvalue weighted by atomic mass is 10.0. The molecule has 2 aromatic carbocycles. The molecular weight excluding hydrogens is 400 g/mol. The van der Waals surface area contributed by atoms with Gasteiger partial charge in [0.15, 0.2) is 5.82 Å². The quantitative estimate of drug-likeness (QED) is 0.317. The van der Waals surface area contributed by atoms with Crippen molar-refractivity contribution in [2.45, 2.75) is 27.3 Å². The van der Waals surface area contributed by atoms with Gasteiger partial charge in [0, 0.05) is 19.3 Å². The maximum atomic E-state index is 13.8. The van der Waals surface area contributed by atoms with Gasteiger partial charge in [0.2, 0.25) is 0 Å². The van der Waals surface area contributed by atoms with Gasteiger partial charge in [-0.3, -0.25) is 14.8 Å². The summed E-state index contributed by atoms with van der Waals surface area (Å²) in [5.74, 6) is 0.946. The van der Waals surface area contributed by atoms with Crippen LogP contribution in [0.3, 0.4) is 0 Å². The fraction of sp³-hybridized carbons (Fsp3) is 0.240. The van der Waals surface area contributed by atoms with Crippen LogP contribution in [0.15, 0.2) is 59.7 Å². The third-order valence-electron chi connectivity index (χ3n) is 5.85. The maximum Gasteiger partial charge on any atom is 0.263 e. The van der Waals surface area contributed by atoms with Gasteiger partial charge in [-0.15, -0.1) is 0 Å². The lowest BCUT2D eigenvalue weighted by Gasteiger charge is -2.26. The van der Waals surface area contributed by atoms with Gasteiger partial charge in [-0.2, -0.15) is 0 Å². The summed E-state index contributed by atoms with van der Waals surface area (Å²) in [6.07, 6.45) is 1.58. The zero-order valence-electron chi connectivity index (χ0n) is 18.9. The van der Waals surface area contributed by atoms with Crippen molar-refractivity contribution in [3.05, 3.63) is 87.7 Å². The molecule has 4 aromatic rings. The Balaban J connectivity index is 1.89. The highest BCUT2D eigenvalue weighted by atomic mass is 16.1. The molecule has 0 fully saturated rings. The zero-order chi connectivity index (χ0) is 22.8. The van der Waals surface area contributed by atoms with Gasteiger partial charge in [0.25, 0.3) is 5.56 Å². The largest absolute Gasteiger partial charge is 0.371 e. The average Bonchev–Trinajstić information content (AvgIpc) is 3.27. The molecule has 2 aromatic heterocycles. The second-order valence-electron chi connectivity index (χ2n) is 7.84. The second kappa shape index (κ2) is 8.70. The van der Waals surface area contributed by atoms with Gasteiger partial charge in [-0.1, -0.05) is 36.4 Å². The number of para-hydroxylation sites is 1. The van der Waals surface area contributed by atoms with E-state index in [1.165, 1.54) is 0 Å². The summed E-state index contributed by atoms with van der Waals surface area (Å²) in [6, 6.07) is 15.9. The number of imidazole rings is 1. The van der Waals surface area contributed by atoms with Crippen molar-refractivity contribution in [1.82, 2.24) is 19.4 Å². The Kier molecular flexibility index (Phi) is 5.81. The number of amidine groups is 1. The standard InChI is InChI=1S/C25H28N6O/c1-5-30(23(26)22-24(27-4)29-15-28-22)14-19-13-18-11-8-10-17(3)21(18)25(32)31(19)20-12-7-6-9-16(20)2/h6-13,15,26-27H,5,14H2,1-4H3,(H,28,29). The third-order valence-corrected chi connectivity index (χ3v) is 5.85. The second-order valence-corrected chi connectivity index (χ2v) is 7.84. The summed E-state index contributed by atoms with van der Waals surface area (Å²) in [6.45, 7) is 7.00. The third kappa shape index (κ3) is 3.66. The van der Waals surface area contributed by atoms with Gasteiger partial charge in [-0.25, -0.2) is 4.98 Å². The molecule has 0 amide bonds. The van der Waals surface area contributed by atoms with Crippen molar-refractivity contribution < 1.29 is 0 Å². The number of aromatic nitrogens is 3. The number of aromatic amines is 1. The fourth-order valence-corrected chi connectivity index (χ4v) is 4.15. The predicted octanol–water partition coefficient (Wildman–Crippen LogP) is 4.22. The Morgan fingerprint density at radius 3 is 2.62 bits per heavy atom. The van der Waals surface area contributed by atoms with Crippen molar-refractivity contribution in [2.24, 2.45) is 0 Å². The minimum absolute atomic E-state index is 0.0371. The molecule has 0 atom stereocenters. The summed E-state index contributed by atoms with van der Waals surface area (Å²) in [5.41, 5.74) is 4.25. The van der Waals surface area contributed by atoms with Crippen LogP contribution in [0.25, 0.3) is 16.5 Å². The molecule has 0 saturated heterocycles. The molecular formula is C25H28N6O. The normalized spacial score (nSPS) is 11.0. The first-order valence-corrected chi connectivity index (χ1v) is 10.7. The van der Waals surface area contributed by atoms with E-state index in [0.717, 1.165) is 33.3 Å². The lowest BCUT2D eigenvalue weighted by Crippen LogP contribution is -2.34. The highest BCUT2D eigenvalue weighted by molar-refractivity contribution is 5.98. The summed E-state index contributed by atoms with van der Waals surface area (Å²) in [7, 11) is 1.78. The van der Waals surface area contributed by atoms with Gasteiger partial charge < -0.3 is 15.2 Å². The van der Waals surface area contributed by atoms with E-state index in [-0.39, 0.29) is 5.56 Å². The highest BCUT2D eigenvalue weighted by Crippen LogP contribution is 2.22. The van der Waals surface area contributed by atoms with E-state index in [1.54, 1.807) is 17.9 Å². The number of anilines is 1. The molecule has 3 N–H and O–H groups in total. The van der Waals surface area contributed by atoms with E-state index >= 15 is 0 Å². The lowest BCUT2D eigenvalue weighted by molar-refractivity contribution is 0.422. The number of aryl methyl sites for hydroxylation is 2. The molecule has 0 bridgehead atoms. The minimum Gasteiger partial charge on any atom is -0.371 e. The van der Waals surface area contributed by atoms with Crippen LogP contribution in [0, 0.1) is 19.3 Å². The van der Waals surface area contributed by atoms with Crippen molar-refractivity contribution in [3.8, 4) is 5.69 Å². The molecule has 0 unspecified atom stereocenters. The van der Waals surface area contributed by atoms with E-state index in [1.807, 2.05) is 68.1 Å². The van der Waals surface area contributed by atoms with Crippen LogP contribution in [0.1, 0.15) is 29.4 Å². The minimum atomic E-state index is -0.0371. The summed E-state index contributed by atoms with van der Waals surface area (Å²) in [4.78, 5) is 23.0. The van der Waals surface area contributed by atoms with Crippen LogP contribution in [0.2, 0.25) is 0 Å². The number of nitrogens with one attached hydrogen (secondary N) is 3.